The Morgan fingerprint density at radius 2 is 2.21 bits per heavy atom. The molecular weight excluding hydrogens is 358 g/mol. The number of hydrogen-bond acceptors (Lipinski definition) is 6. The van der Waals surface area contributed by atoms with Gasteiger partial charge in [0.2, 0.25) is 0 Å². The van der Waals surface area contributed by atoms with E-state index in [4.69, 9.17) is 14.2 Å². The normalized spacial score (nSPS) is 38.1. The molecule has 1 aromatic rings. The molecule has 3 heterocycles. The minimum Gasteiger partial charge on any atom is -0.477 e. The number of hydrogen-bond donors (Lipinski definition) is 0. The number of carbonyl (C=O) groups excluding carboxylic acids is 2. The third kappa shape index (κ3) is 2.05. The van der Waals surface area contributed by atoms with Gasteiger partial charge in [0.15, 0.2) is 29.5 Å². The van der Waals surface area contributed by atoms with E-state index >= 15 is 0 Å². The van der Waals surface area contributed by atoms with Crippen molar-refractivity contribution in [2.45, 2.75) is 62.2 Å². The van der Waals surface area contributed by atoms with Crippen molar-refractivity contribution in [3.63, 3.8) is 0 Å². The van der Waals surface area contributed by atoms with Gasteiger partial charge in [0.05, 0.1) is 0 Å². The lowest BCUT2D eigenvalue weighted by molar-refractivity contribution is -0.144. The molecule has 5 atom stereocenters. The van der Waals surface area contributed by atoms with Gasteiger partial charge < -0.3 is 19.1 Å². The molecule has 3 aliphatic heterocycles. The van der Waals surface area contributed by atoms with Crippen LogP contribution in [0.3, 0.4) is 0 Å². The average Bonchev–Trinajstić information content (AvgIpc) is 3.33. The summed E-state index contributed by atoms with van der Waals surface area (Å²) in [5, 5.41) is 0. The van der Waals surface area contributed by atoms with E-state index in [0.717, 1.165) is 37.8 Å². The fourth-order valence-corrected chi connectivity index (χ4v) is 6.53. The van der Waals surface area contributed by atoms with Crippen LogP contribution >= 0.6 is 0 Å². The number of likely N-dealkylation sites (tertiary alicyclic amines) is 1. The first-order valence-electron chi connectivity index (χ1n) is 10.5. The maximum atomic E-state index is 12.9. The summed E-state index contributed by atoms with van der Waals surface area (Å²) in [7, 11) is 2.20. The number of ketones is 1. The number of likely N-dealkylation sites (N-methyl/N-ethyl adjacent to an activating group) is 1. The van der Waals surface area contributed by atoms with E-state index in [0.29, 0.717) is 42.9 Å². The van der Waals surface area contributed by atoms with Gasteiger partial charge in [-0.3, -0.25) is 4.79 Å². The summed E-state index contributed by atoms with van der Waals surface area (Å²) in [6, 6.07) is 4.37. The number of benzene rings is 1. The molecule has 0 N–H and O–H groups in total. The Labute approximate surface area is 164 Å². The molecule has 2 aliphatic carbocycles. The summed E-state index contributed by atoms with van der Waals surface area (Å²) in [5.41, 5.74) is 2.15. The second kappa shape index (κ2) is 5.80. The second-order valence-electron chi connectivity index (χ2n) is 9.00. The number of nitrogens with zero attached hydrogens (tertiary/aromatic N) is 1. The zero-order valence-corrected chi connectivity index (χ0v) is 16.1. The molecule has 5 aliphatic rings. The predicted molar refractivity (Wildman–Crippen MR) is 99.6 cm³/mol. The predicted octanol–water partition coefficient (Wildman–Crippen LogP) is 2.01. The van der Waals surface area contributed by atoms with Gasteiger partial charge in [0.25, 0.3) is 0 Å². The lowest BCUT2D eigenvalue weighted by Crippen LogP contribution is -2.65. The minimum atomic E-state index is -0.493. The molecule has 4 unspecified atom stereocenters. The molecule has 6 nitrogen and oxygen atoms in total. The molecule has 28 heavy (non-hydrogen) atoms. The number of ether oxygens (including phenoxy) is 3. The lowest BCUT2D eigenvalue weighted by Gasteiger charge is -2.57. The summed E-state index contributed by atoms with van der Waals surface area (Å²) in [6.45, 7) is 1.57. The van der Waals surface area contributed by atoms with Crippen molar-refractivity contribution in [1.29, 1.82) is 0 Å². The molecule has 3 fully saturated rings. The summed E-state index contributed by atoms with van der Waals surface area (Å²) >= 11 is 0. The Morgan fingerprint density at radius 1 is 1.32 bits per heavy atom. The van der Waals surface area contributed by atoms with Crippen LogP contribution in [-0.2, 0) is 26.2 Å². The van der Waals surface area contributed by atoms with E-state index < -0.39 is 12.2 Å². The average molecular weight is 383 g/mol. The summed E-state index contributed by atoms with van der Waals surface area (Å²) in [4.78, 5) is 27.9. The largest absolute Gasteiger partial charge is 0.477 e. The van der Waals surface area contributed by atoms with E-state index in [2.05, 4.69) is 18.0 Å². The Bertz CT molecular complexity index is 876. The van der Waals surface area contributed by atoms with Crippen LogP contribution in [0.1, 0.15) is 43.2 Å². The molecule has 148 valence electrons. The zero-order valence-electron chi connectivity index (χ0n) is 16.1. The third-order valence-corrected chi connectivity index (χ3v) is 7.77. The van der Waals surface area contributed by atoms with Gasteiger partial charge >= 0.3 is 5.97 Å². The van der Waals surface area contributed by atoms with Gasteiger partial charge in [-0.15, -0.1) is 0 Å². The first-order valence-corrected chi connectivity index (χ1v) is 10.5. The highest BCUT2D eigenvalue weighted by atomic mass is 16.6. The van der Waals surface area contributed by atoms with Crippen LogP contribution in [-0.4, -0.2) is 55.1 Å². The van der Waals surface area contributed by atoms with Crippen molar-refractivity contribution < 1.29 is 23.8 Å². The van der Waals surface area contributed by atoms with Gasteiger partial charge in [0.1, 0.15) is 0 Å². The number of carbonyl (C=O) groups is 2. The van der Waals surface area contributed by atoms with Crippen molar-refractivity contribution in [2.75, 3.05) is 20.2 Å². The standard InChI is InChI=1S/C22H25NO5/c1-23-9-8-22-13-5-6-15(24)20(22)28-19-16(27-21(25)17-3-2-10-26-17)7-4-12(18(19)22)11-14(13)23/h4,7,13-14,17,20H,2-3,5-6,8-11H2,1H3/t13?,14?,17?,20-,22?/m0/s1. The van der Waals surface area contributed by atoms with Gasteiger partial charge in [-0.1, -0.05) is 6.07 Å². The van der Waals surface area contributed by atoms with Crippen molar-refractivity contribution in [1.82, 2.24) is 4.90 Å². The molecule has 2 bridgehead atoms. The van der Waals surface area contributed by atoms with E-state index in [9.17, 15) is 9.59 Å². The quantitative estimate of drug-likeness (QED) is 0.575. The molecular formula is C22H25NO5. The summed E-state index contributed by atoms with van der Waals surface area (Å²) in [5.74, 6) is 1.35. The van der Waals surface area contributed by atoms with Crippen molar-refractivity contribution >= 4 is 11.8 Å². The van der Waals surface area contributed by atoms with Crippen LogP contribution in [0.2, 0.25) is 0 Å². The highest BCUT2D eigenvalue weighted by molar-refractivity contribution is 5.89. The van der Waals surface area contributed by atoms with Gasteiger partial charge in [0, 0.05) is 30.0 Å². The van der Waals surface area contributed by atoms with Gasteiger partial charge in [-0.05, 0) is 63.2 Å². The number of rotatable bonds is 2. The number of piperidine rings is 1. The molecule has 1 saturated carbocycles. The lowest BCUT2D eigenvalue weighted by atomic mass is 9.52. The highest BCUT2D eigenvalue weighted by Gasteiger charge is 2.65. The van der Waals surface area contributed by atoms with Crippen LogP contribution in [0, 0.1) is 5.92 Å². The summed E-state index contributed by atoms with van der Waals surface area (Å²) in [6.07, 6.45) is 4.04. The Morgan fingerprint density at radius 3 is 3.04 bits per heavy atom. The SMILES string of the molecule is CN1CCC23c4c5ccc(OC(=O)C6CCCO6)c4O[C@H]2C(=O)CCC3C1C5. The third-order valence-electron chi connectivity index (χ3n) is 7.77. The fraction of sp³-hybridized carbons (Fsp3) is 0.636. The number of Topliss-reactive ketones (excluding diaryl/α,β-unsaturated/α-hetero) is 1. The molecule has 0 amide bonds. The monoisotopic (exact) mass is 383 g/mol. The van der Waals surface area contributed by atoms with E-state index in [1.165, 1.54) is 5.56 Å². The number of esters is 1. The highest BCUT2D eigenvalue weighted by Crippen LogP contribution is 2.63. The van der Waals surface area contributed by atoms with Gasteiger partial charge in [-0.25, -0.2) is 4.79 Å². The molecule has 2 saturated heterocycles. The maximum absolute atomic E-state index is 12.9. The van der Waals surface area contributed by atoms with Crippen LogP contribution < -0.4 is 9.47 Å². The van der Waals surface area contributed by atoms with Crippen molar-refractivity contribution in [2.24, 2.45) is 5.92 Å². The van der Waals surface area contributed by atoms with Crippen LogP contribution in [0.15, 0.2) is 12.1 Å². The van der Waals surface area contributed by atoms with Crippen LogP contribution in [0.25, 0.3) is 0 Å². The summed E-state index contributed by atoms with van der Waals surface area (Å²) < 4.78 is 17.5. The van der Waals surface area contributed by atoms with Gasteiger partial charge in [-0.2, -0.15) is 0 Å². The Balaban J connectivity index is 1.46. The minimum absolute atomic E-state index is 0.194. The molecule has 0 radical (unpaired) electrons. The van der Waals surface area contributed by atoms with E-state index in [1.54, 1.807) is 0 Å². The Kier molecular flexibility index (Phi) is 3.52. The fourth-order valence-electron chi connectivity index (χ4n) is 6.53. The van der Waals surface area contributed by atoms with E-state index in [1.807, 2.05) is 6.07 Å². The Hall–Kier alpha value is -1.92. The first-order chi connectivity index (χ1) is 13.6. The topological polar surface area (TPSA) is 65.1 Å². The molecule has 1 spiro atoms. The smallest absolute Gasteiger partial charge is 0.340 e. The zero-order chi connectivity index (χ0) is 19.0. The van der Waals surface area contributed by atoms with Crippen molar-refractivity contribution in [3.8, 4) is 11.5 Å². The molecule has 6 rings (SSSR count). The van der Waals surface area contributed by atoms with Crippen LogP contribution in [0.4, 0.5) is 0 Å². The molecule has 6 heteroatoms. The maximum Gasteiger partial charge on any atom is 0.340 e. The van der Waals surface area contributed by atoms with E-state index in [-0.39, 0.29) is 17.2 Å². The van der Waals surface area contributed by atoms with Crippen LogP contribution in [0.5, 0.6) is 11.5 Å². The molecule has 1 aromatic carbocycles. The first kappa shape index (κ1) is 17.0. The molecule has 0 aromatic heterocycles. The van der Waals surface area contributed by atoms with Crippen molar-refractivity contribution in [3.05, 3.63) is 23.3 Å². The second-order valence-corrected chi connectivity index (χ2v) is 9.00.